The van der Waals surface area contributed by atoms with Crippen LogP contribution < -0.4 is 5.56 Å². The van der Waals surface area contributed by atoms with E-state index >= 15 is 0 Å². The molecule has 0 bridgehead atoms. The molecular weight excluding hydrogens is 286 g/mol. The zero-order chi connectivity index (χ0) is 14.3. The quantitative estimate of drug-likeness (QED) is 0.689. The average Bonchev–Trinajstić information content (AvgIpc) is 2.41. The summed E-state index contributed by atoms with van der Waals surface area (Å²) >= 11 is 5.93. The van der Waals surface area contributed by atoms with Crippen molar-refractivity contribution in [1.82, 2.24) is 9.55 Å². The highest BCUT2D eigenvalue weighted by Gasteiger charge is 2.13. The van der Waals surface area contributed by atoms with Crippen molar-refractivity contribution in [3.8, 4) is 5.69 Å². The van der Waals surface area contributed by atoms with Gasteiger partial charge in [-0.05, 0) is 24.3 Å². The van der Waals surface area contributed by atoms with Gasteiger partial charge in [-0.1, -0.05) is 17.7 Å². The Balaban J connectivity index is 2.38. The molecule has 0 amide bonds. The maximum absolute atomic E-state index is 13.9. The Labute approximate surface area is 117 Å². The maximum Gasteiger partial charge on any atom is 0.264 e. The van der Waals surface area contributed by atoms with Crippen molar-refractivity contribution in [3.05, 3.63) is 69.7 Å². The monoisotopic (exact) mass is 292 g/mol. The Kier molecular flexibility index (Phi) is 2.99. The molecule has 20 heavy (non-hydrogen) atoms. The van der Waals surface area contributed by atoms with Crippen LogP contribution in [0.4, 0.5) is 8.78 Å². The number of pyridine rings is 2. The van der Waals surface area contributed by atoms with Gasteiger partial charge < -0.3 is 0 Å². The summed E-state index contributed by atoms with van der Waals surface area (Å²) in [4.78, 5) is 16.1. The van der Waals surface area contributed by atoms with Gasteiger partial charge >= 0.3 is 0 Å². The molecule has 0 unspecified atom stereocenters. The molecule has 3 aromatic rings. The van der Waals surface area contributed by atoms with Gasteiger partial charge in [-0.25, -0.2) is 8.78 Å². The molecule has 0 saturated heterocycles. The molecule has 6 heteroatoms. The largest absolute Gasteiger partial charge is 0.279 e. The van der Waals surface area contributed by atoms with Crippen molar-refractivity contribution in [2.24, 2.45) is 0 Å². The van der Waals surface area contributed by atoms with E-state index in [1.807, 2.05) is 0 Å². The third kappa shape index (κ3) is 1.96. The van der Waals surface area contributed by atoms with Crippen LogP contribution >= 0.6 is 11.6 Å². The molecule has 0 aliphatic carbocycles. The Hall–Kier alpha value is -2.27. The van der Waals surface area contributed by atoms with Crippen molar-refractivity contribution in [2.75, 3.05) is 0 Å². The highest BCUT2D eigenvalue weighted by atomic mass is 35.5. The lowest BCUT2D eigenvalue weighted by atomic mass is 10.2. The summed E-state index contributed by atoms with van der Waals surface area (Å²) in [5, 5.41) is 0.155. The SMILES string of the molecule is O=c1c2cc(F)cnc2ccn1-c1c(F)cccc1Cl. The van der Waals surface area contributed by atoms with Crippen molar-refractivity contribution >= 4 is 22.5 Å². The van der Waals surface area contributed by atoms with E-state index in [0.29, 0.717) is 5.52 Å². The van der Waals surface area contributed by atoms with Gasteiger partial charge in [-0.15, -0.1) is 0 Å². The van der Waals surface area contributed by atoms with E-state index in [1.165, 1.54) is 30.5 Å². The van der Waals surface area contributed by atoms with Crippen LogP contribution in [0.1, 0.15) is 0 Å². The topological polar surface area (TPSA) is 34.9 Å². The van der Waals surface area contributed by atoms with Crippen LogP contribution in [0.25, 0.3) is 16.6 Å². The third-order valence-corrected chi connectivity index (χ3v) is 3.20. The van der Waals surface area contributed by atoms with Gasteiger partial charge in [0.05, 0.1) is 22.1 Å². The normalized spacial score (nSPS) is 10.9. The summed E-state index contributed by atoms with van der Waals surface area (Å²) in [5.74, 6) is -1.27. The summed E-state index contributed by atoms with van der Waals surface area (Å²) in [5.41, 5.74) is -0.313. The van der Waals surface area contributed by atoms with E-state index in [4.69, 9.17) is 11.6 Å². The highest BCUT2D eigenvalue weighted by Crippen LogP contribution is 2.22. The molecular formula is C14H7ClF2N2O. The van der Waals surface area contributed by atoms with Crippen LogP contribution in [0.2, 0.25) is 5.02 Å². The minimum Gasteiger partial charge on any atom is -0.279 e. The summed E-state index contributed by atoms with van der Waals surface area (Å²) in [6.45, 7) is 0. The van der Waals surface area contributed by atoms with Crippen LogP contribution in [0.5, 0.6) is 0 Å². The van der Waals surface area contributed by atoms with Crippen LogP contribution in [0.15, 0.2) is 47.5 Å². The van der Waals surface area contributed by atoms with E-state index in [9.17, 15) is 13.6 Å². The molecule has 0 spiro atoms. The fourth-order valence-electron chi connectivity index (χ4n) is 1.99. The lowest BCUT2D eigenvalue weighted by molar-refractivity contribution is 0.616. The van der Waals surface area contributed by atoms with Crippen molar-refractivity contribution in [3.63, 3.8) is 0 Å². The highest BCUT2D eigenvalue weighted by molar-refractivity contribution is 6.32. The first-order valence-electron chi connectivity index (χ1n) is 5.69. The van der Waals surface area contributed by atoms with Gasteiger partial charge in [-0.2, -0.15) is 0 Å². The number of aromatic nitrogens is 2. The minimum absolute atomic E-state index is 0.0619. The molecule has 0 aliphatic heterocycles. The smallest absolute Gasteiger partial charge is 0.264 e. The van der Waals surface area contributed by atoms with E-state index in [0.717, 1.165) is 16.8 Å². The molecule has 2 heterocycles. The third-order valence-electron chi connectivity index (χ3n) is 2.89. The van der Waals surface area contributed by atoms with Gasteiger partial charge in [0.2, 0.25) is 0 Å². The fourth-order valence-corrected chi connectivity index (χ4v) is 2.25. The summed E-state index contributed by atoms with van der Waals surface area (Å²) in [6, 6.07) is 6.67. The number of halogens is 3. The minimum atomic E-state index is -0.636. The Bertz CT molecular complexity index is 856. The number of hydrogen-bond acceptors (Lipinski definition) is 2. The number of para-hydroxylation sites is 1. The lowest BCUT2D eigenvalue weighted by Gasteiger charge is -2.09. The molecule has 0 radical (unpaired) electrons. The zero-order valence-corrected chi connectivity index (χ0v) is 10.7. The van der Waals surface area contributed by atoms with Crippen molar-refractivity contribution in [1.29, 1.82) is 0 Å². The van der Waals surface area contributed by atoms with Crippen molar-refractivity contribution in [2.45, 2.75) is 0 Å². The second-order valence-corrected chi connectivity index (χ2v) is 4.55. The van der Waals surface area contributed by atoms with Gasteiger partial charge in [0.25, 0.3) is 5.56 Å². The molecule has 0 N–H and O–H groups in total. The van der Waals surface area contributed by atoms with Crippen LogP contribution in [0, 0.1) is 11.6 Å². The number of hydrogen-bond donors (Lipinski definition) is 0. The molecule has 0 atom stereocenters. The van der Waals surface area contributed by atoms with Gasteiger partial charge in [0.15, 0.2) is 0 Å². The maximum atomic E-state index is 13.9. The molecule has 0 saturated carbocycles. The van der Waals surface area contributed by atoms with Gasteiger partial charge in [0, 0.05) is 6.20 Å². The first kappa shape index (κ1) is 12.7. The first-order chi connectivity index (χ1) is 9.58. The van der Waals surface area contributed by atoms with Crippen LogP contribution in [-0.2, 0) is 0 Å². The van der Waals surface area contributed by atoms with Crippen LogP contribution in [-0.4, -0.2) is 9.55 Å². The van der Waals surface area contributed by atoms with E-state index < -0.39 is 17.2 Å². The Morgan fingerprint density at radius 3 is 2.75 bits per heavy atom. The second kappa shape index (κ2) is 4.68. The fraction of sp³-hybridized carbons (Fsp3) is 0. The number of rotatable bonds is 1. The lowest BCUT2D eigenvalue weighted by Crippen LogP contribution is -2.19. The van der Waals surface area contributed by atoms with Gasteiger partial charge in [-0.3, -0.25) is 14.3 Å². The number of benzene rings is 1. The molecule has 100 valence electrons. The first-order valence-corrected chi connectivity index (χ1v) is 6.07. The van der Waals surface area contributed by atoms with Gasteiger partial charge in [0.1, 0.15) is 17.3 Å². The Morgan fingerprint density at radius 1 is 1.20 bits per heavy atom. The average molecular weight is 293 g/mol. The Morgan fingerprint density at radius 2 is 2.00 bits per heavy atom. The molecule has 3 nitrogen and oxygen atoms in total. The summed E-state index contributed by atoms with van der Waals surface area (Å²) in [7, 11) is 0. The molecule has 3 rings (SSSR count). The van der Waals surface area contributed by atoms with E-state index in [2.05, 4.69) is 4.98 Å². The molecule has 1 aromatic carbocycles. The van der Waals surface area contributed by atoms with E-state index in [1.54, 1.807) is 0 Å². The summed E-state index contributed by atoms with van der Waals surface area (Å²) in [6.07, 6.45) is 2.38. The zero-order valence-electron chi connectivity index (χ0n) is 9.98. The van der Waals surface area contributed by atoms with Crippen LogP contribution in [0.3, 0.4) is 0 Å². The summed E-state index contributed by atoms with van der Waals surface area (Å²) < 4.78 is 28.1. The predicted octanol–water partition coefficient (Wildman–Crippen LogP) is 3.32. The number of nitrogens with zero attached hydrogens (tertiary/aromatic N) is 2. The molecule has 2 aromatic heterocycles. The second-order valence-electron chi connectivity index (χ2n) is 4.15. The van der Waals surface area contributed by atoms with Crippen molar-refractivity contribution < 1.29 is 8.78 Å². The standard InChI is InChI=1S/C14H7ClF2N2O/c15-10-2-1-3-11(17)13(10)19-5-4-12-9(14(19)20)6-8(16)7-18-12/h1-7H. The predicted molar refractivity (Wildman–Crippen MR) is 72.3 cm³/mol. The van der Waals surface area contributed by atoms with E-state index in [-0.39, 0.29) is 16.1 Å². The number of fused-ring (bicyclic) bond motifs is 1. The molecule has 0 aliphatic rings. The molecule has 0 fully saturated rings.